The summed E-state index contributed by atoms with van der Waals surface area (Å²) < 4.78 is 12.2. The molecule has 3 rings (SSSR count). The fourth-order valence-electron chi connectivity index (χ4n) is 2.92. The van der Waals surface area contributed by atoms with Gasteiger partial charge in [0, 0.05) is 12.8 Å². The molecule has 0 N–H and O–H groups in total. The lowest BCUT2D eigenvalue weighted by Crippen LogP contribution is -2.41. The van der Waals surface area contributed by atoms with E-state index in [1.807, 2.05) is 0 Å². The number of ketones is 1. The summed E-state index contributed by atoms with van der Waals surface area (Å²) in [6.07, 6.45) is 3.02. The van der Waals surface area contributed by atoms with Gasteiger partial charge in [-0.3, -0.25) is 4.79 Å². The summed E-state index contributed by atoms with van der Waals surface area (Å²) in [5.74, 6) is 0.364. The molecule has 112 valence electrons. The fraction of sp³-hybridized carbons (Fsp3) is 0.588. The first kappa shape index (κ1) is 14.8. The summed E-state index contributed by atoms with van der Waals surface area (Å²) in [7, 11) is -0.320. The summed E-state index contributed by atoms with van der Waals surface area (Å²) in [6.45, 7) is 8.26. The van der Waals surface area contributed by atoms with Gasteiger partial charge in [0.25, 0.3) is 0 Å². The third kappa shape index (κ3) is 2.67. The lowest BCUT2D eigenvalue weighted by molar-refractivity contribution is -0.118. The number of rotatable bonds is 1. The Bertz CT molecular complexity index is 561. The van der Waals surface area contributed by atoms with Crippen LogP contribution in [0.5, 0.6) is 0 Å². The molecule has 1 aliphatic carbocycles. The zero-order valence-corrected chi connectivity index (χ0v) is 13.4. The Morgan fingerprint density at radius 2 is 1.48 bits per heavy atom. The van der Waals surface area contributed by atoms with Crippen molar-refractivity contribution in [3.8, 4) is 0 Å². The van der Waals surface area contributed by atoms with Gasteiger partial charge in [0.05, 0.1) is 11.2 Å². The van der Waals surface area contributed by atoms with Crippen molar-refractivity contribution in [3.63, 3.8) is 0 Å². The van der Waals surface area contributed by atoms with E-state index in [9.17, 15) is 4.79 Å². The van der Waals surface area contributed by atoms with Crippen LogP contribution in [0, 0.1) is 0 Å². The molecule has 0 aromatic heterocycles. The van der Waals surface area contributed by atoms with Gasteiger partial charge >= 0.3 is 7.12 Å². The standard InChI is InChI=1S/C17H23BO3/c1-16(2)17(3,4)21-18(20-16)14-8-5-12-6-9-15(19)10-7-13(12)11-14/h5,8,11H,6-7,9-10H2,1-4H3. The third-order valence-electron chi connectivity index (χ3n) is 5.10. The molecule has 0 spiro atoms. The van der Waals surface area contributed by atoms with Crippen LogP contribution in [0.4, 0.5) is 0 Å². The summed E-state index contributed by atoms with van der Waals surface area (Å²) in [5, 5.41) is 0. The molecule has 1 fully saturated rings. The Morgan fingerprint density at radius 1 is 0.905 bits per heavy atom. The molecule has 2 aliphatic rings. The largest absolute Gasteiger partial charge is 0.494 e. The first-order valence-corrected chi connectivity index (χ1v) is 7.77. The lowest BCUT2D eigenvalue weighted by Gasteiger charge is -2.32. The van der Waals surface area contributed by atoms with Crippen LogP contribution in [-0.2, 0) is 26.9 Å². The highest BCUT2D eigenvalue weighted by molar-refractivity contribution is 6.62. The Morgan fingerprint density at radius 3 is 2.10 bits per heavy atom. The molecule has 0 radical (unpaired) electrons. The highest BCUT2D eigenvalue weighted by Crippen LogP contribution is 2.36. The summed E-state index contributed by atoms with van der Waals surface area (Å²) in [5.41, 5.74) is 2.98. The van der Waals surface area contributed by atoms with Crippen molar-refractivity contribution >= 4 is 18.4 Å². The van der Waals surface area contributed by atoms with E-state index < -0.39 is 0 Å². The van der Waals surface area contributed by atoms with Crippen molar-refractivity contribution < 1.29 is 14.1 Å². The Kier molecular flexibility index (Phi) is 3.49. The van der Waals surface area contributed by atoms with E-state index in [2.05, 4.69) is 45.9 Å². The number of aryl methyl sites for hydroxylation is 2. The molecule has 0 saturated carbocycles. The fourth-order valence-corrected chi connectivity index (χ4v) is 2.92. The molecule has 4 heteroatoms. The van der Waals surface area contributed by atoms with Crippen LogP contribution in [0.25, 0.3) is 0 Å². The first-order chi connectivity index (χ1) is 9.78. The van der Waals surface area contributed by atoms with Crippen molar-refractivity contribution in [1.82, 2.24) is 0 Å². The number of hydrogen-bond donors (Lipinski definition) is 0. The molecule has 0 bridgehead atoms. The van der Waals surface area contributed by atoms with Gasteiger partial charge in [-0.2, -0.15) is 0 Å². The van der Waals surface area contributed by atoms with Crippen molar-refractivity contribution in [2.45, 2.75) is 64.6 Å². The number of carbonyl (C=O) groups is 1. The van der Waals surface area contributed by atoms with Crippen LogP contribution in [0.2, 0.25) is 0 Å². The second-order valence-corrected chi connectivity index (χ2v) is 7.16. The Labute approximate surface area is 127 Å². The van der Waals surface area contributed by atoms with Crippen molar-refractivity contribution in [2.75, 3.05) is 0 Å². The zero-order valence-electron chi connectivity index (χ0n) is 13.4. The van der Waals surface area contributed by atoms with Gasteiger partial charge in [-0.15, -0.1) is 0 Å². The second-order valence-electron chi connectivity index (χ2n) is 7.16. The maximum atomic E-state index is 11.6. The number of benzene rings is 1. The van der Waals surface area contributed by atoms with Gasteiger partial charge in [0.2, 0.25) is 0 Å². The van der Waals surface area contributed by atoms with E-state index in [0.717, 1.165) is 18.3 Å². The number of hydrogen-bond acceptors (Lipinski definition) is 3. The van der Waals surface area contributed by atoms with E-state index in [-0.39, 0.29) is 18.3 Å². The van der Waals surface area contributed by atoms with E-state index in [1.165, 1.54) is 11.1 Å². The number of fused-ring (bicyclic) bond motifs is 1. The van der Waals surface area contributed by atoms with Crippen LogP contribution in [0.15, 0.2) is 18.2 Å². The zero-order chi connectivity index (χ0) is 15.3. The second kappa shape index (κ2) is 4.96. The molecular formula is C17H23BO3. The smallest absolute Gasteiger partial charge is 0.399 e. The Hall–Kier alpha value is -1.13. The van der Waals surface area contributed by atoms with Crippen LogP contribution >= 0.6 is 0 Å². The van der Waals surface area contributed by atoms with Crippen LogP contribution in [0.3, 0.4) is 0 Å². The lowest BCUT2D eigenvalue weighted by atomic mass is 9.77. The number of Topliss-reactive ketones (excluding diaryl/α,β-unsaturated/α-hetero) is 1. The van der Waals surface area contributed by atoms with Gasteiger partial charge in [0.1, 0.15) is 5.78 Å². The van der Waals surface area contributed by atoms with Gasteiger partial charge in [-0.25, -0.2) is 0 Å². The molecule has 1 aromatic rings. The maximum absolute atomic E-state index is 11.6. The average Bonchev–Trinajstić information content (AvgIpc) is 2.55. The van der Waals surface area contributed by atoms with Gasteiger partial charge in [0.15, 0.2) is 0 Å². The van der Waals surface area contributed by atoms with E-state index in [1.54, 1.807) is 0 Å². The maximum Gasteiger partial charge on any atom is 0.494 e. The molecule has 0 atom stereocenters. The van der Waals surface area contributed by atoms with Crippen LogP contribution in [-0.4, -0.2) is 24.1 Å². The summed E-state index contributed by atoms with van der Waals surface area (Å²) >= 11 is 0. The highest BCUT2D eigenvalue weighted by Gasteiger charge is 2.51. The molecule has 0 unspecified atom stereocenters. The van der Waals surface area contributed by atoms with E-state index >= 15 is 0 Å². The molecule has 1 saturated heterocycles. The predicted molar refractivity (Wildman–Crippen MR) is 83.8 cm³/mol. The molecule has 0 amide bonds. The van der Waals surface area contributed by atoms with Crippen molar-refractivity contribution in [3.05, 3.63) is 29.3 Å². The van der Waals surface area contributed by atoms with Crippen LogP contribution < -0.4 is 5.46 Å². The monoisotopic (exact) mass is 286 g/mol. The topological polar surface area (TPSA) is 35.5 Å². The SMILES string of the molecule is CC1(C)OB(c2ccc3c(c2)CCC(=O)CC3)OC1(C)C. The minimum absolute atomic E-state index is 0.319. The minimum atomic E-state index is -0.320. The highest BCUT2D eigenvalue weighted by atomic mass is 16.7. The average molecular weight is 286 g/mol. The molecule has 3 nitrogen and oxygen atoms in total. The third-order valence-corrected chi connectivity index (χ3v) is 5.10. The predicted octanol–water partition coefficient (Wildman–Crippen LogP) is 2.43. The van der Waals surface area contributed by atoms with Gasteiger partial charge < -0.3 is 9.31 Å². The molecule has 1 aromatic carbocycles. The molecular weight excluding hydrogens is 263 g/mol. The summed E-state index contributed by atoms with van der Waals surface area (Å²) in [4.78, 5) is 11.6. The molecule has 1 heterocycles. The normalized spacial score (nSPS) is 23.8. The number of carbonyl (C=O) groups excluding carboxylic acids is 1. The molecule has 21 heavy (non-hydrogen) atoms. The molecule has 1 aliphatic heterocycles. The minimum Gasteiger partial charge on any atom is -0.399 e. The van der Waals surface area contributed by atoms with E-state index in [4.69, 9.17) is 9.31 Å². The van der Waals surface area contributed by atoms with Crippen molar-refractivity contribution in [1.29, 1.82) is 0 Å². The van der Waals surface area contributed by atoms with Gasteiger partial charge in [-0.05, 0) is 57.1 Å². The quantitative estimate of drug-likeness (QED) is 0.587. The van der Waals surface area contributed by atoms with Crippen molar-refractivity contribution in [2.24, 2.45) is 0 Å². The summed E-state index contributed by atoms with van der Waals surface area (Å²) in [6, 6.07) is 6.38. The van der Waals surface area contributed by atoms with Crippen LogP contribution in [0.1, 0.15) is 51.7 Å². The van der Waals surface area contributed by atoms with E-state index in [0.29, 0.717) is 18.6 Å². The van der Waals surface area contributed by atoms with Gasteiger partial charge in [-0.1, -0.05) is 18.2 Å². The Balaban J connectivity index is 1.87. The first-order valence-electron chi connectivity index (χ1n) is 7.77.